The second-order valence-corrected chi connectivity index (χ2v) is 6.39. The summed E-state index contributed by atoms with van der Waals surface area (Å²) >= 11 is 0. The summed E-state index contributed by atoms with van der Waals surface area (Å²) in [7, 11) is 0. The molecule has 5 heteroatoms. The van der Waals surface area contributed by atoms with Gasteiger partial charge in [-0.05, 0) is 49.6 Å². The van der Waals surface area contributed by atoms with Crippen LogP contribution >= 0.6 is 0 Å². The molecule has 0 atom stereocenters. The number of hydrogen-bond acceptors (Lipinski definition) is 5. The van der Waals surface area contributed by atoms with Crippen LogP contribution in [0.1, 0.15) is 29.2 Å². The molecule has 0 bridgehead atoms. The first-order valence-electron chi connectivity index (χ1n) is 8.89. The fourth-order valence-corrected chi connectivity index (χ4v) is 3.09. The normalized spacial score (nSPS) is 10.8. The zero-order chi connectivity index (χ0) is 19.4. The highest BCUT2D eigenvalue weighted by Crippen LogP contribution is 2.31. The van der Waals surface area contributed by atoms with Gasteiger partial charge in [0.2, 0.25) is 0 Å². The minimum Gasteiger partial charge on any atom is -0.481 e. The van der Waals surface area contributed by atoms with Crippen LogP contribution in [0, 0.1) is 13.8 Å². The lowest BCUT2D eigenvalue weighted by Crippen LogP contribution is -2.16. The van der Waals surface area contributed by atoms with E-state index in [1.807, 2.05) is 50.2 Å². The average Bonchev–Trinajstić information content (AvgIpc) is 2.64. The van der Waals surface area contributed by atoms with Crippen molar-refractivity contribution in [1.29, 1.82) is 0 Å². The summed E-state index contributed by atoms with van der Waals surface area (Å²) in [5.41, 5.74) is 3.37. The van der Waals surface area contributed by atoms with Gasteiger partial charge in [-0.25, -0.2) is 9.59 Å². The molecule has 1 heterocycles. The van der Waals surface area contributed by atoms with Gasteiger partial charge in [0, 0.05) is 12.0 Å². The number of ether oxygens (including phenoxy) is 2. The van der Waals surface area contributed by atoms with Crippen molar-refractivity contribution in [3.05, 3.63) is 75.1 Å². The molecule has 0 amide bonds. The van der Waals surface area contributed by atoms with E-state index in [0.29, 0.717) is 35.3 Å². The minimum atomic E-state index is -0.438. The summed E-state index contributed by atoms with van der Waals surface area (Å²) in [6.45, 7) is 5.60. The fraction of sp³-hybridized carbons (Fsp3) is 0.273. The Morgan fingerprint density at radius 1 is 1.11 bits per heavy atom. The van der Waals surface area contributed by atoms with Gasteiger partial charge in [-0.2, -0.15) is 0 Å². The predicted octanol–water partition coefficient (Wildman–Crippen LogP) is 3.94. The van der Waals surface area contributed by atoms with Gasteiger partial charge >= 0.3 is 11.6 Å². The average molecular weight is 366 g/mol. The lowest BCUT2D eigenvalue weighted by atomic mass is 9.98. The topological polar surface area (TPSA) is 65.7 Å². The Hall–Kier alpha value is -3.08. The van der Waals surface area contributed by atoms with Crippen molar-refractivity contribution in [3.8, 4) is 5.75 Å². The number of fused-ring (bicyclic) bond motifs is 1. The summed E-state index contributed by atoms with van der Waals surface area (Å²) in [6.07, 6.45) is 0.468. The highest BCUT2D eigenvalue weighted by molar-refractivity contribution is 5.88. The van der Waals surface area contributed by atoms with Crippen molar-refractivity contribution in [2.45, 2.75) is 27.2 Å². The Morgan fingerprint density at radius 2 is 1.85 bits per heavy atom. The van der Waals surface area contributed by atoms with Crippen molar-refractivity contribution in [1.82, 2.24) is 0 Å². The highest BCUT2D eigenvalue weighted by Gasteiger charge is 2.17. The number of rotatable bonds is 6. The molecule has 27 heavy (non-hydrogen) atoms. The molecule has 3 rings (SSSR count). The third-order valence-electron chi connectivity index (χ3n) is 4.36. The van der Waals surface area contributed by atoms with E-state index in [2.05, 4.69) is 0 Å². The van der Waals surface area contributed by atoms with Gasteiger partial charge in [-0.15, -0.1) is 0 Å². The lowest BCUT2D eigenvalue weighted by molar-refractivity contribution is -0.145. The van der Waals surface area contributed by atoms with E-state index in [4.69, 9.17) is 13.9 Å². The second kappa shape index (κ2) is 8.08. The summed E-state index contributed by atoms with van der Waals surface area (Å²) in [4.78, 5) is 24.2. The standard InChI is InChI=1S/C22H22O5/c1-4-25-20(23)13-26-18-10-14(2)11-19-21(18)15(3)17(22(24)27-19)12-16-8-6-5-7-9-16/h5-11H,4,12-13H2,1-3H3. The summed E-state index contributed by atoms with van der Waals surface area (Å²) in [5, 5.41) is 0.704. The predicted molar refractivity (Wildman–Crippen MR) is 103 cm³/mol. The van der Waals surface area contributed by atoms with Gasteiger partial charge in [0.1, 0.15) is 11.3 Å². The molecule has 3 aromatic rings. The van der Waals surface area contributed by atoms with Gasteiger partial charge in [-0.1, -0.05) is 30.3 Å². The van der Waals surface area contributed by atoms with Crippen molar-refractivity contribution >= 4 is 16.9 Å². The van der Waals surface area contributed by atoms with Crippen LogP contribution in [-0.2, 0) is 16.0 Å². The number of carbonyl (C=O) groups excluding carboxylic acids is 1. The Morgan fingerprint density at radius 3 is 2.56 bits per heavy atom. The van der Waals surface area contributed by atoms with Crippen LogP contribution in [-0.4, -0.2) is 19.2 Å². The molecule has 0 aliphatic heterocycles. The molecule has 140 valence electrons. The first-order chi connectivity index (χ1) is 13.0. The maximum atomic E-state index is 12.6. The van der Waals surface area contributed by atoms with Crippen molar-refractivity contribution < 1.29 is 18.7 Å². The number of carbonyl (C=O) groups is 1. The Labute approximate surface area is 157 Å². The molecule has 0 fully saturated rings. The van der Waals surface area contributed by atoms with Gasteiger partial charge in [-0.3, -0.25) is 0 Å². The molecule has 0 saturated heterocycles. The maximum Gasteiger partial charge on any atom is 0.344 e. The smallest absolute Gasteiger partial charge is 0.344 e. The van der Waals surface area contributed by atoms with E-state index in [0.717, 1.165) is 16.7 Å². The second-order valence-electron chi connectivity index (χ2n) is 6.39. The van der Waals surface area contributed by atoms with Crippen LogP contribution in [0.25, 0.3) is 11.0 Å². The Balaban J connectivity index is 2.06. The maximum absolute atomic E-state index is 12.6. The van der Waals surface area contributed by atoms with Crippen LogP contribution < -0.4 is 10.4 Å². The Kier molecular flexibility index (Phi) is 5.60. The number of hydrogen-bond donors (Lipinski definition) is 0. The number of aryl methyl sites for hydroxylation is 2. The SMILES string of the molecule is CCOC(=O)COc1cc(C)cc2oc(=O)c(Cc3ccccc3)c(C)c12. The van der Waals surface area contributed by atoms with Crippen LogP contribution in [0.5, 0.6) is 5.75 Å². The molecular formula is C22H22O5. The van der Waals surface area contributed by atoms with Gasteiger partial charge in [0.05, 0.1) is 12.0 Å². The lowest BCUT2D eigenvalue weighted by Gasteiger charge is -2.14. The molecule has 0 aliphatic rings. The van der Waals surface area contributed by atoms with E-state index in [1.165, 1.54) is 0 Å². The van der Waals surface area contributed by atoms with E-state index in [1.54, 1.807) is 13.0 Å². The molecule has 0 N–H and O–H groups in total. The van der Waals surface area contributed by atoms with Crippen LogP contribution in [0.2, 0.25) is 0 Å². The first kappa shape index (κ1) is 18.7. The van der Waals surface area contributed by atoms with Gasteiger partial charge in [0.15, 0.2) is 6.61 Å². The molecule has 0 unspecified atom stereocenters. The van der Waals surface area contributed by atoms with Crippen LogP contribution in [0.15, 0.2) is 51.7 Å². The third kappa shape index (κ3) is 4.19. The largest absolute Gasteiger partial charge is 0.481 e. The molecule has 2 aromatic carbocycles. The number of esters is 1. The van der Waals surface area contributed by atoms with Crippen molar-refractivity contribution in [2.75, 3.05) is 13.2 Å². The quantitative estimate of drug-likeness (QED) is 0.488. The number of benzene rings is 2. The van der Waals surface area contributed by atoms with Gasteiger partial charge < -0.3 is 13.9 Å². The highest BCUT2D eigenvalue weighted by atomic mass is 16.6. The molecular weight excluding hydrogens is 344 g/mol. The molecule has 0 radical (unpaired) electrons. The van der Waals surface area contributed by atoms with Crippen molar-refractivity contribution in [3.63, 3.8) is 0 Å². The monoisotopic (exact) mass is 366 g/mol. The molecule has 0 spiro atoms. The zero-order valence-electron chi connectivity index (χ0n) is 15.7. The van der Waals surface area contributed by atoms with E-state index in [-0.39, 0.29) is 12.2 Å². The van der Waals surface area contributed by atoms with Crippen LogP contribution in [0.3, 0.4) is 0 Å². The summed E-state index contributed by atoms with van der Waals surface area (Å²) in [5.74, 6) is 0.0697. The van der Waals surface area contributed by atoms with Gasteiger partial charge in [0.25, 0.3) is 0 Å². The minimum absolute atomic E-state index is 0.195. The van der Waals surface area contributed by atoms with Crippen LogP contribution in [0.4, 0.5) is 0 Å². The first-order valence-corrected chi connectivity index (χ1v) is 8.89. The van der Waals surface area contributed by atoms with Crippen molar-refractivity contribution in [2.24, 2.45) is 0 Å². The van der Waals surface area contributed by atoms with E-state index in [9.17, 15) is 9.59 Å². The van der Waals surface area contributed by atoms with E-state index >= 15 is 0 Å². The fourth-order valence-electron chi connectivity index (χ4n) is 3.09. The van der Waals surface area contributed by atoms with E-state index < -0.39 is 5.97 Å². The Bertz CT molecular complexity index is 1020. The third-order valence-corrected chi connectivity index (χ3v) is 4.36. The molecule has 5 nitrogen and oxygen atoms in total. The molecule has 0 aliphatic carbocycles. The molecule has 0 saturated carbocycles. The summed E-state index contributed by atoms with van der Waals surface area (Å²) < 4.78 is 16.2. The molecule has 1 aromatic heterocycles. The summed E-state index contributed by atoms with van der Waals surface area (Å²) in [6, 6.07) is 13.4. The zero-order valence-corrected chi connectivity index (χ0v) is 15.7.